The Kier molecular flexibility index (Phi) is 3.64. The Balaban J connectivity index is 1.99. The third-order valence-electron chi connectivity index (χ3n) is 4.46. The standard InChI is InChI=1S/C17H19NO3/c1-11-8-9-12(10-21-2)15-14(11)16(19)18(17(15)20)13-6-4-3-5-7-13/h3-9,11-12,14-15H,10H2,1-2H3/t11-,12-,14-,15+/m1/s1. The molecule has 1 fully saturated rings. The Morgan fingerprint density at radius 1 is 1.05 bits per heavy atom. The van der Waals surface area contributed by atoms with Gasteiger partial charge >= 0.3 is 0 Å². The Morgan fingerprint density at radius 2 is 1.71 bits per heavy atom. The van der Waals surface area contributed by atoms with E-state index in [1.807, 2.05) is 37.3 Å². The number of anilines is 1. The first-order chi connectivity index (χ1) is 10.1. The zero-order valence-corrected chi connectivity index (χ0v) is 12.2. The monoisotopic (exact) mass is 285 g/mol. The van der Waals surface area contributed by atoms with Gasteiger partial charge in [-0.2, -0.15) is 0 Å². The highest BCUT2D eigenvalue weighted by Crippen LogP contribution is 2.43. The lowest BCUT2D eigenvalue weighted by molar-refractivity contribution is -0.123. The van der Waals surface area contributed by atoms with E-state index in [1.165, 1.54) is 4.90 Å². The first-order valence-electron chi connectivity index (χ1n) is 7.25. The Labute approximate surface area is 124 Å². The first kappa shape index (κ1) is 14.0. The summed E-state index contributed by atoms with van der Waals surface area (Å²) in [4.78, 5) is 26.9. The fourth-order valence-corrected chi connectivity index (χ4v) is 3.46. The molecule has 110 valence electrons. The number of fused-ring (bicyclic) bond motifs is 1. The topological polar surface area (TPSA) is 46.6 Å². The van der Waals surface area contributed by atoms with Crippen LogP contribution in [0.5, 0.6) is 0 Å². The predicted molar refractivity (Wildman–Crippen MR) is 79.6 cm³/mol. The predicted octanol–water partition coefficient (Wildman–Crippen LogP) is 2.26. The molecular weight excluding hydrogens is 266 g/mol. The molecule has 2 aliphatic rings. The van der Waals surface area contributed by atoms with Crippen LogP contribution in [0.1, 0.15) is 6.92 Å². The maximum Gasteiger partial charge on any atom is 0.238 e. The molecule has 1 saturated heterocycles. The molecule has 0 spiro atoms. The normalized spacial score (nSPS) is 31.6. The van der Waals surface area contributed by atoms with E-state index in [-0.39, 0.29) is 35.5 Å². The lowest BCUT2D eigenvalue weighted by Crippen LogP contribution is -2.34. The van der Waals surface area contributed by atoms with Gasteiger partial charge in [0.25, 0.3) is 0 Å². The second-order valence-electron chi connectivity index (χ2n) is 5.76. The number of ether oxygens (including phenoxy) is 1. The number of carbonyl (C=O) groups excluding carboxylic acids is 2. The fourth-order valence-electron chi connectivity index (χ4n) is 3.46. The SMILES string of the molecule is COC[C@H]1C=C[C@@H](C)[C@H]2C(=O)N(c3ccccc3)C(=O)[C@H]21. The molecule has 0 bridgehead atoms. The van der Waals surface area contributed by atoms with Gasteiger partial charge in [-0.25, -0.2) is 0 Å². The molecule has 4 nitrogen and oxygen atoms in total. The number of benzene rings is 1. The molecule has 1 aliphatic carbocycles. The van der Waals surface area contributed by atoms with Gasteiger partial charge in [0.1, 0.15) is 0 Å². The molecule has 21 heavy (non-hydrogen) atoms. The third-order valence-corrected chi connectivity index (χ3v) is 4.46. The van der Waals surface area contributed by atoms with Crippen LogP contribution in [0.3, 0.4) is 0 Å². The number of carbonyl (C=O) groups is 2. The number of rotatable bonds is 3. The van der Waals surface area contributed by atoms with Crippen LogP contribution in [0.25, 0.3) is 0 Å². The van der Waals surface area contributed by atoms with E-state index >= 15 is 0 Å². The Bertz CT molecular complexity index is 581. The fraction of sp³-hybridized carbons (Fsp3) is 0.412. The number of amides is 2. The van der Waals surface area contributed by atoms with Gasteiger partial charge in [-0.15, -0.1) is 0 Å². The maximum absolute atomic E-state index is 12.8. The zero-order valence-electron chi connectivity index (χ0n) is 12.2. The number of allylic oxidation sites excluding steroid dienone is 1. The minimum Gasteiger partial charge on any atom is -0.384 e. The maximum atomic E-state index is 12.8. The van der Waals surface area contributed by atoms with Gasteiger partial charge in [-0.05, 0) is 18.1 Å². The van der Waals surface area contributed by atoms with Crippen molar-refractivity contribution < 1.29 is 14.3 Å². The second kappa shape index (κ2) is 5.45. The summed E-state index contributed by atoms with van der Waals surface area (Å²) >= 11 is 0. The van der Waals surface area contributed by atoms with E-state index in [4.69, 9.17) is 4.74 Å². The molecule has 4 heteroatoms. The molecule has 0 aromatic heterocycles. The summed E-state index contributed by atoms with van der Waals surface area (Å²) in [6.07, 6.45) is 4.06. The minimum absolute atomic E-state index is 0.0265. The summed E-state index contributed by atoms with van der Waals surface area (Å²) < 4.78 is 5.22. The van der Waals surface area contributed by atoms with Crippen LogP contribution in [0, 0.1) is 23.7 Å². The van der Waals surface area contributed by atoms with Crippen LogP contribution >= 0.6 is 0 Å². The third kappa shape index (κ3) is 2.20. The largest absolute Gasteiger partial charge is 0.384 e. The molecule has 3 rings (SSSR count). The van der Waals surface area contributed by atoms with Crippen LogP contribution in [0.2, 0.25) is 0 Å². The average Bonchev–Trinajstić information content (AvgIpc) is 2.76. The molecule has 4 atom stereocenters. The van der Waals surface area contributed by atoms with Crippen molar-refractivity contribution in [2.75, 3.05) is 18.6 Å². The average molecular weight is 285 g/mol. The highest BCUT2D eigenvalue weighted by atomic mass is 16.5. The summed E-state index contributed by atoms with van der Waals surface area (Å²) in [7, 11) is 1.62. The molecule has 0 unspecified atom stereocenters. The van der Waals surface area contributed by atoms with Gasteiger partial charge in [0.05, 0.1) is 24.1 Å². The highest BCUT2D eigenvalue weighted by Gasteiger charge is 2.53. The van der Waals surface area contributed by atoms with Gasteiger partial charge < -0.3 is 4.74 Å². The molecule has 0 radical (unpaired) electrons. The number of nitrogens with zero attached hydrogens (tertiary/aromatic N) is 1. The van der Waals surface area contributed by atoms with Crippen molar-refractivity contribution in [3.63, 3.8) is 0 Å². The van der Waals surface area contributed by atoms with Crippen LogP contribution in [0.15, 0.2) is 42.5 Å². The number of para-hydroxylation sites is 1. The van der Waals surface area contributed by atoms with Gasteiger partial charge in [0.2, 0.25) is 11.8 Å². The summed E-state index contributed by atoms with van der Waals surface area (Å²) in [6.45, 7) is 2.46. The quantitative estimate of drug-likeness (QED) is 0.632. The molecule has 0 saturated carbocycles. The van der Waals surface area contributed by atoms with Crippen molar-refractivity contribution in [1.82, 2.24) is 0 Å². The van der Waals surface area contributed by atoms with Crippen molar-refractivity contribution in [1.29, 1.82) is 0 Å². The van der Waals surface area contributed by atoms with E-state index in [0.717, 1.165) is 0 Å². The molecule has 1 heterocycles. The molecule has 1 aromatic rings. The molecular formula is C17H19NO3. The second-order valence-corrected chi connectivity index (χ2v) is 5.76. The van der Waals surface area contributed by atoms with Crippen molar-refractivity contribution in [2.24, 2.45) is 23.7 Å². The summed E-state index contributed by atoms with van der Waals surface area (Å²) in [5.41, 5.74) is 0.658. The number of imide groups is 1. The van der Waals surface area contributed by atoms with E-state index in [9.17, 15) is 9.59 Å². The van der Waals surface area contributed by atoms with E-state index in [0.29, 0.717) is 12.3 Å². The summed E-state index contributed by atoms with van der Waals surface area (Å²) in [5.74, 6) is -0.723. The van der Waals surface area contributed by atoms with Gasteiger partial charge in [0, 0.05) is 13.0 Å². The van der Waals surface area contributed by atoms with Crippen LogP contribution in [0.4, 0.5) is 5.69 Å². The van der Waals surface area contributed by atoms with Gasteiger partial charge in [-0.3, -0.25) is 14.5 Å². The van der Waals surface area contributed by atoms with Gasteiger partial charge in [-0.1, -0.05) is 37.3 Å². The van der Waals surface area contributed by atoms with E-state index in [2.05, 4.69) is 0 Å². The van der Waals surface area contributed by atoms with Crippen LogP contribution in [-0.4, -0.2) is 25.5 Å². The van der Waals surface area contributed by atoms with E-state index in [1.54, 1.807) is 19.2 Å². The molecule has 1 aromatic carbocycles. The van der Waals surface area contributed by atoms with Crippen molar-refractivity contribution in [2.45, 2.75) is 6.92 Å². The Hall–Kier alpha value is -1.94. The zero-order chi connectivity index (χ0) is 15.0. The minimum atomic E-state index is -0.308. The molecule has 0 N–H and O–H groups in total. The highest BCUT2D eigenvalue weighted by molar-refractivity contribution is 6.22. The van der Waals surface area contributed by atoms with Crippen LogP contribution < -0.4 is 4.90 Å². The number of hydrogen-bond donors (Lipinski definition) is 0. The van der Waals surface area contributed by atoms with Crippen molar-refractivity contribution >= 4 is 17.5 Å². The van der Waals surface area contributed by atoms with Crippen LogP contribution in [-0.2, 0) is 14.3 Å². The smallest absolute Gasteiger partial charge is 0.238 e. The lowest BCUT2D eigenvalue weighted by Gasteiger charge is -2.29. The number of methoxy groups -OCH3 is 1. The van der Waals surface area contributed by atoms with Crippen molar-refractivity contribution in [3.05, 3.63) is 42.5 Å². The molecule has 2 amide bonds. The Morgan fingerprint density at radius 3 is 2.38 bits per heavy atom. The molecule has 1 aliphatic heterocycles. The first-order valence-corrected chi connectivity index (χ1v) is 7.25. The van der Waals surface area contributed by atoms with E-state index < -0.39 is 0 Å². The number of hydrogen-bond acceptors (Lipinski definition) is 3. The van der Waals surface area contributed by atoms with Crippen molar-refractivity contribution in [3.8, 4) is 0 Å². The van der Waals surface area contributed by atoms with Gasteiger partial charge in [0.15, 0.2) is 0 Å². The lowest BCUT2D eigenvalue weighted by atomic mass is 9.73. The summed E-state index contributed by atoms with van der Waals surface area (Å²) in [5, 5.41) is 0. The summed E-state index contributed by atoms with van der Waals surface area (Å²) in [6, 6.07) is 9.16.